The summed E-state index contributed by atoms with van der Waals surface area (Å²) >= 11 is 0.360. The van der Waals surface area contributed by atoms with Gasteiger partial charge in [0.1, 0.15) is 0 Å². The number of hydrogen-bond acceptors (Lipinski definition) is 1. The van der Waals surface area contributed by atoms with Gasteiger partial charge >= 0.3 is 0 Å². The first-order valence-corrected chi connectivity index (χ1v) is 5.14. The number of allylic oxidation sites excluding steroid dienone is 4. The van der Waals surface area contributed by atoms with Gasteiger partial charge in [-0.05, 0) is 25.8 Å². The second-order valence-corrected chi connectivity index (χ2v) is 3.33. The first-order valence-electron chi connectivity index (χ1n) is 4.42. The van der Waals surface area contributed by atoms with Gasteiger partial charge in [0.05, 0.1) is 12.1 Å². The third kappa shape index (κ3) is 4.60. The Labute approximate surface area is 79.2 Å². The van der Waals surface area contributed by atoms with Crippen molar-refractivity contribution in [1.29, 1.82) is 0 Å². The van der Waals surface area contributed by atoms with Gasteiger partial charge in [-0.25, -0.2) is 0 Å². The van der Waals surface area contributed by atoms with Crippen LogP contribution in [-0.4, -0.2) is 0 Å². The fourth-order valence-corrected chi connectivity index (χ4v) is 1.28. The summed E-state index contributed by atoms with van der Waals surface area (Å²) in [6.45, 7) is 6.10. The number of rotatable bonds is 5. The maximum atomic E-state index is 12.2. The molecule has 0 aromatic carbocycles. The monoisotopic (exact) mass is 188 g/mol. The van der Waals surface area contributed by atoms with E-state index in [9.17, 15) is 3.89 Å². The quantitative estimate of drug-likeness (QED) is 0.566. The summed E-state index contributed by atoms with van der Waals surface area (Å²) in [6, 6.07) is 0. The zero-order chi connectivity index (χ0) is 9.40. The molecule has 0 aromatic heterocycles. The molecule has 0 aromatic rings. The van der Waals surface area contributed by atoms with Crippen LogP contribution in [0.3, 0.4) is 0 Å². The second-order valence-electron chi connectivity index (χ2n) is 2.65. The lowest BCUT2D eigenvalue weighted by Gasteiger charge is -2.00. The lowest BCUT2D eigenvalue weighted by Crippen LogP contribution is -1.79. The van der Waals surface area contributed by atoms with E-state index in [0.29, 0.717) is 12.1 Å². The van der Waals surface area contributed by atoms with E-state index in [1.54, 1.807) is 0 Å². The van der Waals surface area contributed by atoms with Gasteiger partial charge in [0.25, 0.3) is 0 Å². The molecule has 0 heterocycles. The molecule has 0 unspecified atom stereocenters. The summed E-state index contributed by atoms with van der Waals surface area (Å²) in [5.74, 6) is 0. The molecule has 70 valence electrons. The molecule has 0 aliphatic carbocycles. The highest BCUT2D eigenvalue weighted by Gasteiger charge is 1.96. The predicted molar refractivity (Wildman–Crippen MR) is 55.7 cm³/mol. The normalized spacial score (nSPS) is 13.7. The van der Waals surface area contributed by atoms with Crippen LogP contribution in [0.1, 0.15) is 40.0 Å². The lowest BCUT2D eigenvalue weighted by molar-refractivity contribution is 0.917. The van der Waals surface area contributed by atoms with Crippen LogP contribution in [0.4, 0.5) is 3.89 Å². The molecule has 0 aliphatic rings. The van der Waals surface area contributed by atoms with Gasteiger partial charge in [0.15, 0.2) is 0 Å². The van der Waals surface area contributed by atoms with E-state index in [4.69, 9.17) is 0 Å². The Kier molecular flexibility index (Phi) is 7.26. The third-order valence-electron chi connectivity index (χ3n) is 1.70. The molecular weight excluding hydrogens is 171 g/mol. The highest BCUT2D eigenvalue weighted by Crippen LogP contribution is 2.22. The van der Waals surface area contributed by atoms with Crippen molar-refractivity contribution in [3.63, 3.8) is 0 Å². The molecule has 0 saturated carbocycles. The van der Waals surface area contributed by atoms with E-state index in [0.717, 1.165) is 24.2 Å². The van der Waals surface area contributed by atoms with Crippen LogP contribution in [-0.2, 0) is 0 Å². The molecule has 0 radical (unpaired) electrons. The van der Waals surface area contributed by atoms with Crippen LogP contribution in [0.2, 0.25) is 0 Å². The Hall–Kier alpha value is -0.240. The first-order chi connectivity index (χ1) is 5.78. The second kappa shape index (κ2) is 7.41. The van der Waals surface area contributed by atoms with Crippen LogP contribution in [0.25, 0.3) is 0 Å². The number of halogens is 1. The third-order valence-corrected chi connectivity index (χ3v) is 2.31. The number of hydrogen-bond donors (Lipinski definition) is 0. The summed E-state index contributed by atoms with van der Waals surface area (Å²) in [5, 5.41) is 0. The molecule has 0 amide bonds. The average Bonchev–Trinajstić information content (AvgIpc) is 2.12. The van der Waals surface area contributed by atoms with Crippen LogP contribution < -0.4 is 0 Å². The maximum absolute atomic E-state index is 12.2. The largest absolute Gasteiger partial charge is 0.160 e. The summed E-state index contributed by atoms with van der Waals surface area (Å²) in [7, 11) is 0. The SMILES string of the molecule is C/C=C(\C=C(/CC)SF)CCC. The fourth-order valence-electron chi connectivity index (χ4n) is 0.974. The summed E-state index contributed by atoms with van der Waals surface area (Å²) < 4.78 is 12.2. The summed E-state index contributed by atoms with van der Waals surface area (Å²) in [6.07, 6.45) is 6.94. The first kappa shape index (κ1) is 11.8. The molecule has 0 fully saturated rings. The van der Waals surface area contributed by atoms with Crippen LogP contribution >= 0.6 is 12.1 Å². The van der Waals surface area contributed by atoms with E-state index in [1.165, 1.54) is 5.57 Å². The highest BCUT2D eigenvalue weighted by atomic mass is 32.2. The Balaban J connectivity index is 4.23. The van der Waals surface area contributed by atoms with Gasteiger partial charge in [-0.3, -0.25) is 0 Å². The zero-order valence-electron chi connectivity index (χ0n) is 8.06. The summed E-state index contributed by atoms with van der Waals surface area (Å²) in [4.78, 5) is 0.816. The smallest absolute Gasteiger partial charge is 0.0767 e. The van der Waals surface area contributed by atoms with Crippen molar-refractivity contribution >= 4 is 12.1 Å². The molecule has 12 heavy (non-hydrogen) atoms. The Morgan fingerprint density at radius 3 is 2.42 bits per heavy atom. The molecule has 0 bridgehead atoms. The Morgan fingerprint density at radius 2 is 2.08 bits per heavy atom. The molecule has 0 spiro atoms. The Morgan fingerprint density at radius 1 is 1.42 bits per heavy atom. The van der Waals surface area contributed by atoms with Crippen molar-refractivity contribution in [3.05, 3.63) is 22.6 Å². The van der Waals surface area contributed by atoms with Crippen molar-refractivity contribution in [2.75, 3.05) is 0 Å². The van der Waals surface area contributed by atoms with Crippen LogP contribution in [0.15, 0.2) is 22.6 Å². The van der Waals surface area contributed by atoms with Crippen LogP contribution in [0.5, 0.6) is 0 Å². The van der Waals surface area contributed by atoms with E-state index in [2.05, 4.69) is 13.0 Å². The predicted octanol–water partition coefficient (Wildman–Crippen LogP) is 4.64. The lowest BCUT2D eigenvalue weighted by atomic mass is 10.1. The van der Waals surface area contributed by atoms with Gasteiger partial charge in [-0.2, -0.15) is 3.89 Å². The van der Waals surface area contributed by atoms with Gasteiger partial charge in [-0.1, -0.05) is 31.9 Å². The van der Waals surface area contributed by atoms with E-state index in [1.807, 2.05) is 19.9 Å². The maximum Gasteiger partial charge on any atom is 0.0767 e. The molecule has 0 atom stereocenters. The van der Waals surface area contributed by atoms with Gasteiger partial charge in [0.2, 0.25) is 0 Å². The minimum atomic E-state index is 0.360. The molecule has 2 heteroatoms. The minimum absolute atomic E-state index is 0.360. The minimum Gasteiger partial charge on any atom is -0.160 e. The summed E-state index contributed by atoms with van der Waals surface area (Å²) in [5.41, 5.74) is 1.24. The van der Waals surface area contributed by atoms with E-state index < -0.39 is 0 Å². The molecular formula is C10H17FS. The van der Waals surface area contributed by atoms with Crippen molar-refractivity contribution in [1.82, 2.24) is 0 Å². The van der Waals surface area contributed by atoms with Crippen molar-refractivity contribution < 1.29 is 3.89 Å². The van der Waals surface area contributed by atoms with Crippen molar-refractivity contribution in [3.8, 4) is 0 Å². The Bertz CT molecular complexity index is 165. The highest BCUT2D eigenvalue weighted by molar-refractivity contribution is 7.98. The van der Waals surface area contributed by atoms with Gasteiger partial charge < -0.3 is 0 Å². The standard InChI is InChI=1S/C10H17FS/c1-4-7-9(5-2)8-10(6-3)12-11/h5,8H,4,6-7H2,1-3H3/b9-5-,10-8+. The zero-order valence-corrected chi connectivity index (χ0v) is 8.88. The molecule has 0 saturated heterocycles. The topological polar surface area (TPSA) is 0 Å². The van der Waals surface area contributed by atoms with Crippen LogP contribution in [0, 0.1) is 0 Å². The molecule has 0 rings (SSSR count). The van der Waals surface area contributed by atoms with Gasteiger partial charge in [-0.15, -0.1) is 0 Å². The average molecular weight is 188 g/mol. The molecule has 0 N–H and O–H groups in total. The van der Waals surface area contributed by atoms with Crippen molar-refractivity contribution in [2.24, 2.45) is 0 Å². The van der Waals surface area contributed by atoms with E-state index in [-0.39, 0.29) is 0 Å². The van der Waals surface area contributed by atoms with Crippen molar-refractivity contribution in [2.45, 2.75) is 40.0 Å². The molecule has 0 aliphatic heterocycles. The fraction of sp³-hybridized carbons (Fsp3) is 0.600. The molecule has 0 nitrogen and oxygen atoms in total. The van der Waals surface area contributed by atoms with E-state index >= 15 is 0 Å². The van der Waals surface area contributed by atoms with Gasteiger partial charge in [0, 0.05) is 4.91 Å².